The van der Waals surface area contributed by atoms with Crippen LogP contribution in [0.3, 0.4) is 0 Å². The fourth-order valence-corrected chi connectivity index (χ4v) is 4.97. The van der Waals surface area contributed by atoms with Crippen molar-refractivity contribution < 1.29 is 23.5 Å². The van der Waals surface area contributed by atoms with Gasteiger partial charge in [-0.1, -0.05) is 29.8 Å². The molecule has 1 aliphatic rings. The minimum atomic E-state index is -0.727. The third kappa shape index (κ3) is 8.10. The maximum absolute atomic E-state index is 14.0. The molecule has 0 fully saturated rings. The number of nitrogens with zero attached hydrogens (tertiary/aromatic N) is 2. The Morgan fingerprint density at radius 3 is 2.79 bits per heavy atom. The number of fused-ring (bicyclic) bond motifs is 4. The van der Waals surface area contributed by atoms with Crippen LogP contribution < -0.4 is 16.0 Å². The van der Waals surface area contributed by atoms with Gasteiger partial charge in [0, 0.05) is 55.8 Å². The van der Waals surface area contributed by atoms with E-state index in [9.17, 15) is 18.8 Å². The van der Waals surface area contributed by atoms with Crippen LogP contribution in [0.15, 0.2) is 60.8 Å². The molecule has 2 heterocycles. The van der Waals surface area contributed by atoms with Crippen LogP contribution >= 0.6 is 11.6 Å². The van der Waals surface area contributed by atoms with Crippen molar-refractivity contribution in [3.63, 3.8) is 0 Å². The molecule has 3 amide bonds. The molecule has 226 valence electrons. The fourth-order valence-electron chi connectivity index (χ4n) is 4.76. The third-order valence-corrected chi connectivity index (χ3v) is 7.52. The van der Waals surface area contributed by atoms with Crippen LogP contribution in [0.5, 0.6) is 0 Å². The highest BCUT2D eigenvalue weighted by Gasteiger charge is 2.25. The minimum absolute atomic E-state index is 0.0291. The van der Waals surface area contributed by atoms with Gasteiger partial charge in [-0.3, -0.25) is 19.9 Å². The zero-order valence-electron chi connectivity index (χ0n) is 24.4. The SMILES string of the molecule is CNc1ccc2c(c1)NC(=O)CC/C=C/CC(C(=O)N(C)CCCOC(=O)Nc1ccc(Cl)c(F)c1C)c1cc-2ccn1. The number of allylic oxidation sites excluding steroid dienone is 2. The maximum atomic E-state index is 14.0. The summed E-state index contributed by atoms with van der Waals surface area (Å²) in [6.45, 7) is 1.91. The Balaban J connectivity index is 1.43. The zero-order chi connectivity index (χ0) is 30.9. The lowest BCUT2D eigenvalue weighted by molar-refractivity contribution is -0.131. The Morgan fingerprint density at radius 1 is 1.19 bits per heavy atom. The topological polar surface area (TPSA) is 113 Å². The molecule has 43 heavy (non-hydrogen) atoms. The van der Waals surface area contributed by atoms with Crippen LogP contribution in [0, 0.1) is 12.7 Å². The highest BCUT2D eigenvalue weighted by molar-refractivity contribution is 6.30. The summed E-state index contributed by atoms with van der Waals surface area (Å²) in [6, 6.07) is 12.4. The number of benzene rings is 2. The van der Waals surface area contributed by atoms with Crippen molar-refractivity contribution in [1.29, 1.82) is 0 Å². The van der Waals surface area contributed by atoms with Crippen LogP contribution in [-0.2, 0) is 14.3 Å². The number of ether oxygens (including phenoxy) is 1. The second kappa shape index (κ2) is 14.6. The number of aromatic nitrogens is 1. The number of carbonyl (C=O) groups excluding carboxylic acids is 3. The van der Waals surface area contributed by atoms with E-state index < -0.39 is 17.8 Å². The summed E-state index contributed by atoms with van der Waals surface area (Å²) >= 11 is 5.77. The van der Waals surface area contributed by atoms with Crippen LogP contribution in [0.2, 0.25) is 5.02 Å². The first-order chi connectivity index (χ1) is 20.7. The molecule has 0 radical (unpaired) electrons. The van der Waals surface area contributed by atoms with Crippen molar-refractivity contribution in [1.82, 2.24) is 9.88 Å². The van der Waals surface area contributed by atoms with Gasteiger partial charge in [0.05, 0.1) is 28.9 Å². The van der Waals surface area contributed by atoms with Crippen LogP contribution in [-0.4, -0.2) is 55.0 Å². The molecule has 3 aromatic rings. The molecule has 2 aromatic carbocycles. The first kappa shape index (κ1) is 31.5. The van der Waals surface area contributed by atoms with E-state index in [1.165, 1.54) is 19.1 Å². The van der Waals surface area contributed by atoms with Crippen molar-refractivity contribution in [2.24, 2.45) is 0 Å². The second-order valence-corrected chi connectivity index (χ2v) is 10.6. The number of pyridine rings is 1. The van der Waals surface area contributed by atoms with Crippen molar-refractivity contribution in [2.45, 2.75) is 38.5 Å². The molecule has 0 aliphatic carbocycles. The number of hydrogen-bond acceptors (Lipinski definition) is 6. The molecule has 2 bridgehead atoms. The molecule has 3 N–H and O–H groups in total. The van der Waals surface area contributed by atoms with Crippen LogP contribution in [0.25, 0.3) is 11.1 Å². The second-order valence-electron chi connectivity index (χ2n) is 10.2. The largest absolute Gasteiger partial charge is 0.449 e. The first-order valence-electron chi connectivity index (χ1n) is 14.0. The smallest absolute Gasteiger partial charge is 0.411 e. The molecule has 1 unspecified atom stereocenters. The summed E-state index contributed by atoms with van der Waals surface area (Å²) in [7, 11) is 3.52. The zero-order valence-corrected chi connectivity index (χ0v) is 25.1. The summed E-state index contributed by atoms with van der Waals surface area (Å²) in [5, 5.41) is 8.60. The van der Waals surface area contributed by atoms with Gasteiger partial charge in [0.2, 0.25) is 11.8 Å². The Hall–Kier alpha value is -4.44. The summed E-state index contributed by atoms with van der Waals surface area (Å²) < 4.78 is 19.2. The number of carbonyl (C=O) groups is 3. The highest BCUT2D eigenvalue weighted by atomic mass is 35.5. The van der Waals surface area contributed by atoms with Crippen molar-refractivity contribution in [3.05, 3.63) is 82.9 Å². The van der Waals surface area contributed by atoms with Gasteiger partial charge in [0.15, 0.2) is 0 Å². The molecule has 1 aliphatic heterocycles. The van der Waals surface area contributed by atoms with E-state index in [0.717, 1.165) is 16.8 Å². The quantitative estimate of drug-likeness (QED) is 0.202. The van der Waals surface area contributed by atoms with Gasteiger partial charge in [-0.2, -0.15) is 0 Å². The van der Waals surface area contributed by atoms with Gasteiger partial charge >= 0.3 is 6.09 Å². The van der Waals surface area contributed by atoms with E-state index in [0.29, 0.717) is 43.6 Å². The summed E-state index contributed by atoms with van der Waals surface area (Å²) in [4.78, 5) is 44.7. The Morgan fingerprint density at radius 2 is 2.00 bits per heavy atom. The van der Waals surface area contributed by atoms with Gasteiger partial charge in [-0.05, 0) is 68.1 Å². The molecule has 4 rings (SSSR count). The molecular formula is C32H35ClFN5O4. The number of rotatable bonds is 7. The van der Waals surface area contributed by atoms with Gasteiger partial charge in [-0.25, -0.2) is 9.18 Å². The maximum Gasteiger partial charge on any atom is 0.411 e. The van der Waals surface area contributed by atoms with E-state index in [1.807, 2.05) is 49.5 Å². The van der Waals surface area contributed by atoms with E-state index in [-0.39, 0.29) is 34.7 Å². The van der Waals surface area contributed by atoms with Crippen molar-refractivity contribution >= 4 is 46.6 Å². The average molecular weight is 608 g/mol. The van der Waals surface area contributed by atoms with E-state index in [1.54, 1.807) is 18.1 Å². The predicted molar refractivity (Wildman–Crippen MR) is 167 cm³/mol. The molecule has 1 aromatic heterocycles. The lowest BCUT2D eigenvalue weighted by Crippen LogP contribution is -2.33. The predicted octanol–water partition coefficient (Wildman–Crippen LogP) is 6.75. The number of amides is 3. The van der Waals surface area contributed by atoms with Crippen LogP contribution in [0.1, 0.15) is 42.9 Å². The van der Waals surface area contributed by atoms with E-state index in [4.69, 9.17) is 16.3 Å². The van der Waals surface area contributed by atoms with E-state index >= 15 is 0 Å². The van der Waals surface area contributed by atoms with Gasteiger partial charge in [0.25, 0.3) is 0 Å². The molecular weight excluding hydrogens is 573 g/mol. The standard InChI is InChI=1S/C32H35ClFN5O4/c1-20-26(13-12-25(33)30(20)34)38-32(42)43-17-7-16-39(3)31(41)24-8-5-4-6-9-29(40)37-28-19-22(35-2)10-11-23(28)21-14-15-36-27(24)18-21/h4-5,10-15,18-19,24,35H,6-9,16-17H2,1-3H3,(H,37,40)(H,38,42)/b5-4+. The number of hydrogen-bond donors (Lipinski definition) is 3. The molecule has 0 saturated carbocycles. The molecule has 9 nitrogen and oxygen atoms in total. The third-order valence-electron chi connectivity index (χ3n) is 7.23. The van der Waals surface area contributed by atoms with Crippen molar-refractivity contribution in [3.8, 4) is 11.1 Å². The lowest BCUT2D eigenvalue weighted by Gasteiger charge is -2.23. The summed E-state index contributed by atoms with van der Waals surface area (Å²) in [5.41, 5.74) is 4.31. The average Bonchev–Trinajstić information content (AvgIpc) is 3.01. The molecule has 1 atom stereocenters. The summed E-state index contributed by atoms with van der Waals surface area (Å²) in [5.74, 6) is -1.36. The first-order valence-corrected chi connectivity index (χ1v) is 14.4. The van der Waals surface area contributed by atoms with Gasteiger partial charge in [-0.15, -0.1) is 0 Å². The van der Waals surface area contributed by atoms with Gasteiger partial charge in [0.1, 0.15) is 5.82 Å². The fraction of sp³-hybridized carbons (Fsp3) is 0.312. The number of likely N-dealkylation sites (N-methyl/N-ethyl adjacent to an activating group) is 1. The van der Waals surface area contributed by atoms with E-state index in [2.05, 4.69) is 20.9 Å². The monoisotopic (exact) mass is 607 g/mol. The Bertz CT molecular complexity index is 1530. The van der Waals surface area contributed by atoms with Gasteiger partial charge < -0.3 is 20.3 Å². The van der Waals surface area contributed by atoms with Crippen molar-refractivity contribution in [2.75, 3.05) is 43.2 Å². The number of anilines is 3. The highest BCUT2D eigenvalue weighted by Crippen LogP contribution is 2.33. The summed E-state index contributed by atoms with van der Waals surface area (Å²) in [6.07, 6.45) is 6.44. The lowest BCUT2D eigenvalue weighted by atomic mass is 9.95. The molecule has 0 spiro atoms. The number of halogens is 2. The van der Waals surface area contributed by atoms with Crippen LogP contribution in [0.4, 0.5) is 26.2 Å². The molecule has 0 saturated heterocycles. The normalized spacial score (nSPS) is 15.5. The number of nitrogens with one attached hydrogen (secondary N) is 3. The minimum Gasteiger partial charge on any atom is -0.449 e. The Kier molecular flexibility index (Phi) is 10.7. The Labute approximate surface area is 255 Å². The molecule has 11 heteroatoms.